The van der Waals surface area contributed by atoms with Crippen LogP contribution in [0.2, 0.25) is 0 Å². The van der Waals surface area contributed by atoms with Crippen molar-refractivity contribution >= 4 is 15.7 Å². The minimum Gasteiger partial charge on any atom is -0.367 e. The molecule has 0 aliphatic carbocycles. The number of sulfonamides is 1. The molecule has 2 heterocycles. The van der Waals surface area contributed by atoms with Crippen molar-refractivity contribution in [3.05, 3.63) is 65.7 Å². The summed E-state index contributed by atoms with van der Waals surface area (Å²) in [5, 5.41) is 0.640. The van der Waals surface area contributed by atoms with Gasteiger partial charge >= 0.3 is 0 Å². The van der Waals surface area contributed by atoms with E-state index in [0.29, 0.717) is 24.3 Å². The number of hydroxylamine groups is 2. The van der Waals surface area contributed by atoms with Gasteiger partial charge in [-0.3, -0.25) is 4.84 Å². The monoisotopic (exact) mass is 423 g/mol. The Morgan fingerprint density at radius 1 is 1.00 bits per heavy atom. The average Bonchev–Trinajstić information content (AvgIpc) is 3.11. The van der Waals surface area contributed by atoms with Crippen molar-refractivity contribution in [2.45, 2.75) is 11.3 Å². The molecular formula is C20H23F2N3O3S. The van der Waals surface area contributed by atoms with Crippen LogP contribution in [0.15, 0.2) is 48.5 Å². The Bertz CT molecular complexity index is 980. The van der Waals surface area contributed by atoms with Gasteiger partial charge in [-0.2, -0.15) is 9.37 Å². The summed E-state index contributed by atoms with van der Waals surface area (Å²) in [6, 6.07) is 11.8. The van der Waals surface area contributed by atoms with E-state index in [1.54, 1.807) is 37.4 Å². The number of para-hydroxylation sites is 1. The number of benzene rings is 2. The van der Waals surface area contributed by atoms with E-state index in [1.807, 2.05) is 4.90 Å². The van der Waals surface area contributed by atoms with Crippen LogP contribution < -0.4 is 4.90 Å². The van der Waals surface area contributed by atoms with Crippen LogP contribution in [0.25, 0.3) is 0 Å². The van der Waals surface area contributed by atoms with Gasteiger partial charge < -0.3 is 4.90 Å². The molecule has 0 radical (unpaired) electrons. The standard InChI is InChI=1S/C20H23F2N3O3S/c1-23-20(15-5-4-6-16(21)13-15)19(14-28-23)29(26,27)25-11-9-24(10-12-25)18-8-3-2-7-17(18)22/h2-8,13,19-20H,9-12,14H2,1H3/t19-,20+/m1/s1. The molecule has 156 valence electrons. The Hall–Kier alpha value is -2.07. The van der Waals surface area contributed by atoms with Gasteiger partial charge in [-0.1, -0.05) is 24.3 Å². The normalized spacial score (nSPS) is 24.2. The minimum atomic E-state index is -3.70. The van der Waals surface area contributed by atoms with Gasteiger partial charge in [0, 0.05) is 33.2 Å². The molecule has 0 amide bonds. The molecule has 9 heteroatoms. The van der Waals surface area contributed by atoms with Crippen molar-refractivity contribution in [3.63, 3.8) is 0 Å². The van der Waals surface area contributed by atoms with E-state index in [4.69, 9.17) is 4.84 Å². The van der Waals surface area contributed by atoms with Crippen molar-refractivity contribution in [2.75, 3.05) is 44.7 Å². The number of hydrogen-bond acceptors (Lipinski definition) is 5. The van der Waals surface area contributed by atoms with Crippen molar-refractivity contribution < 1.29 is 22.0 Å². The topological polar surface area (TPSA) is 53.1 Å². The maximum absolute atomic E-state index is 14.0. The van der Waals surface area contributed by atoms with Crippen LogP contribution in [-0.2, 0) is 14.9 Å². The predicted molar refractivity (Wildman–Crippen MR) is 106 cm³/mol. The molecule has 0 aromatic heterocycles. The zero-order valence-corrected chi connectivity index (χ0v) is 16.9. The quantitative estimate of drug-likeness (QED) is 0.756. The molecule has 2 aromatic carbocycles. The van der Waals surface area contributed by atoms with E-state index in [0.717, 1.165) is 0 Å². The average molecular weight is 423 g/mol. The van der Waals surface area contributed by atoms with Crippen LogP contribution in [0.5, 0.6) is 0 Å². The highest BCUT2D eigenvalue weighted by Gasteiger charge is 2.46. The SMILES string of the molecule is CN1OC[C@@H](S(=O)(=O)N2CCN(c3ccccc3F)CC2)[C@@H]1c1cccc(F)c1. The van der Waals surface area contributed by atoms with Gasteiger partial charge in [-0.15, -0.1) is 0 Å². The lowest BCUT2D eigenvalue weighted by Gasteiger charge is -2.37. The van der Waals surface area contributed by atoms with Gasteiger partial charge in [0.25, 0.3) is 0 Å². The highest BCUT2D eigenvalue weighted by molar-refractivity contribution is 7.89. The number of piperazine rings is 1. The second kappa shape index (κ2) is 7.98. The Labute approximate surface area is 169 Å². The number of hydrogen-bond donors (Lipinski definition) is 0. The summed E-state index contributed by atoms with van der Waals surface area (Å²) in [4.78, 5) is 7.35. The Kier molecular flexibility index (Phi) is 5.56. The number of halogens is 2. The summed E-state index contributed by atoms with van der Waals surface area (Å²) in [7, 11) is -2.04. The van der Waals surface area contributed by atoms with E-state index < -0.39 is 27.1 Å². The predicted octanol–water partition coefficient (Wildman–Crippen LogP) is 2.40. The second-order valence-corrected chi connectivity index (χ2v) is 9.41. The first-order valence-electron chi connectivity index (χ1n) is 9.47. The first kappa shape index (κ1) is 20.2. The van der Waals surface area contributed by atoms with Crippen molar-refractivity contribution in [3.8, 4) is 0 Å². The minimum absolute atomic E-state index is 0.00748. The molecule has 0 N–H and O–H groups in total. The summed E-state index contributed by atoms with van der Waals surface area (Å²) in [5.74, 6) is -0.738. The lowest BCUT2D eigenvalue weighted by molar-refractivity contribution is -0.110. The third kappa shape index (κ3) is 3.87. The highest BCUT2D eigenvalue weighted by Crippen LogP contribution is 2.35. The van der Waals surface area contributed by atoms with E-state index in [9.17, 15) is 17.2 Å². The summed E-state index contributed by atoms with van der Waals surface area (Å²) < 4.78 is 55.9. The van der Waals surface area contributed by atoms with Crippen molar-refractivity contribution in [1.82, 2.24) is 9.37 Å². The molecule has 6 nitrogen and oxygen atoms in total. The van der Waals surface area contributed by atoms with Gasteiger partial charge in [-0.25, -0.2) is 17.2 Å². The molecule has 29 heavy (non-hydrogen) atoms. The van der Waals surface area contributed by atoms with Crippen LogP contribution in [0.4, 0.5) is 14.5 Å². The largest absolute Gasteiger partial charge is 0.367 e. The van der Waals surface area contributed by atoms with Gasteiger partial charge in [0.1, 0.15) is 16.9 Å². The second-order valence-electron chi connectivity index (χ2n) is 7.26. The fourth-order valence-corrected chi connectivity index (χ4v) is 5.99. The van der Waals surface area contributed by atoms with Crippen LogP contribution in [0, 0.1) is 11.6 Å². The van der Waals surface area contributed by atoms with Crippen molar-refractivity contribution in [1.29, 1.82) is 0 Å². The molecule has 2 saturated heterocycles. The first-order chi connectivity index (χ1) is 13.9. The summed E-state index contributed by atoms with van der Waals surface area (Å²) in [6.07, 6.45) is 0. The van der Waals surface area contributed by atoms with Gasteiger partial charge in [0.05, 0.1) is 18.3 Å². The van der Waals surface area contributed by atoms with Gasteiger partial charge in [0.2, 0.25) is 10.0 Å². The van der Waals surface area contributed by atoms with Crippen LogP contribution in [0.1, 0.15) is 11.6 Å². The summed E-state index contributed by atoms with van der Waals surface area (Å²) >= 11 is 0. The molecule has 2 aromatic rings. The van der Waals surface area contributed by atoms with Crippen LogP contribution in [0.3, 0.4) is 0 Å². The lowest BCUT2D eigenvalue weighted by Crippen LogP contribution is -2.52. The smallest absolute Gasteiger partial charge is 0.221 e. The van der Waals surface area contributed by atoms with E-state index in [2.05, 4.69) is 0 Å². The Balaban J connectivity index is 1.52. The molecule has 0 unspecified atom stereocenters. The molecule has 2 atom stereocenters. The third-order valence-corrected chi connectivity index (χ3v) is 7.79. The molecule has 2 aliphatic rings. The van der Waals surface area contributed by atoms with E-state index in [1.165, 1.54) is 27.6 Å². The summed E-state index contributed by atoms with van der Waals surface area (Å²) in [6.45, 7) is 1.31. The number of anilines is 1. The third-order valence-electron chi connectivity index (χ3n) is 5.55. The zero-order valence-electron chi connectivity index (χ0n) is 16.0. The number of nitrogens with zero attached hydrogens (tertiary/aromatic N) is 3. The highest BCUT2D eigenvalue weighted by atomic mass is 32.2. The van der Waals surface area contributed by atoms with Crippen molar-refractivity contribution in [2.24, 2.45) is 0 Å². The van der Waals surface area contributed by atoms with Crippen LogP contribution in [-0.4, -0.2) is 62.9 Å². The lowest BCUT2D eigenvalue weighted by atomic mass is 10.0. The maximum Gasteiger partial charge on any atom is 0.221 e. The first-order valence-corrected chi connectivity index (χ1v) is 11.0. The van der Waals surface area contributed by atoms with Crippen LogP contribution >= 0.6 is 0 Å². The number of rotatable bonds is 4. The summed E-state index contributed by atoms with van der Waals surface area (Å²) in [5.41, 5.74) is 1.04. The molecule has 2 aliphatic heterocycles. The Morgan fingerprint density at radius 3 is 2.41 bits per heavy atom. The fraction of sp³-hybridized carbons (Fsp3) is 0.400. The van der Waals surface area contributed by atoms with E-state index in [-0.39, 0.29) is 25.5 Å². The molecule has 0 saturated carbocycles. The fourth-order valence-electron chi connectivity index (χ4n) is 4.04. The van der Waals surface area contributed by atoms with Gasteiger partial charge in [-0.05, 0) is 29.8 Å². The molecule has 0 spiro atoms. The molecular weight excluding hydrogens is 400 g/mol. The molecule has 4 rings (SSSR count). The zero-order chi connectivity index (χ0) is 20.6. The molecule has 0 bridgehead atoms. The maximum atomic E-state index is 14.0. The van der Waals surface area contributed by atoms with Gasteiger partial charge in [0.15, 0.2) is 0 Å². The van der Waals surface area contributed by atoms with E-state index >= 15 is 0 Å². The molecule has 2 fully saturated rings. The Morgan fingerprint density at radius 2 is 1.72 bits per heavy atom.